The van der Waals surface area contributed by atoms with Crippen LogP contribution in [0, 0.1) is 12.7 Å². The van der Waals surface area contributed by atoms with Gasteiger partial charge in [0.1, 0.15) is 5.82 Å². The van der Waals surface area contributed by atoms with E-state index in [0.29, 0.717) is 17.8 Å². The number of nitrogens with one attached hydrogen (secondary N) is 1. The summed E-state index contributed by atoms with van der Waals surface area (Å²) >= 11 is 0. The summed E-state index contributed by atoms with van der Waals surface area (Å²) in [7, 11) is 0. The number of nitrogens with zero attached hydrogens (tertiary/aromatic N) is 1. The van der Waals surface area contributed by atoms with E-state index in [1.165, 1.54) is 17.0 Å². The van der Waals surface area contributed by atoms with Crippen LogP contribution in [0.15, 0.2) is 18.2 Å². The minimum Gasteiger partial charge on any atom is -0.293 e. The van der Waals surface area contributed by atoms with E-state index in [0.717, 1.165) is 0 Å². The fourth-order valence-corrected chi connectivity index (χ4v) is 1.72. The van der Waals surface area contributed by atoms with Crippen LogP contribution in [0.3, 0.4) is 0 Å². The number of imide groups is 1. The number of amides is 3. The normalized spacial score (nSPS) is 16.2. The summed E-state index contributed by atoms with van der Waals surface area (Å²) < 4.78 is 12.9. The number of hydrogen-bond donors (Lipinski definition) is 1. The molecule has 84 valence electrons. The van der Waals surface area contributed by atoms with Gasteiger partial charge in [0, 0.05) is 18.7 Å². The molecule has 1 fully saturated rings. The second-order valence-electron chi connectivity index (χ2n) is 3.69. The van der Waals surface area contributed by atoms with Crippen LogP contribution in [0.5, 0.6) is 0 Å². The predicted octanol–water partition coefficient (Wildman–Crippen LogP) is 1.58. The van der Waals surface area contributed by atoms with Gasteiger partial charge in [0.15, 0.2) is 0 Å². The molecule has 2 rings (SSSR count). The molecular formula is C11H11FN2O2. The van der Waals surface area contributed by atoms with Crippen LogP contribution < -0.4 is 10.2 Å². The number of benzene rings is 1. The molecule has 0 saturated carbocycles. The van der Waals surface area contributed by atoms with Crippen LogP contribution >= 0.6 is 0 Å². The van der Waals surface area contributed by atoms with Gasteiger partial charge in [-0.05, 0) is 30.7 Å². The first-order valence-electron chi connectivity index (χ1n) is 4.95. The fraction of sp³-hybridized carbons (Fsp3) is 0.273. The van der Waals surface area contributed by atoms with Crippen LogP contribution in [0.4, 0.5) is 14.9 Å². The standard InChI is InChI=1S/C11H11FN2O2/c1-7-6-8(12)2-3-9(7)14-5-4-10(15)13-11(14)16/h2-3,6H,4-5H2,1H3,(H,13,15,16). The van der Waals surface area contributed by atoms with E-state index in [1.54, 1.807) is 13.0 Å². The topological polar surface area (TPSA) is 49.4 Å². The van der Waals surface area contributed by atoms with Crippen LogP contribution in [0.2, 0.25) is 0 Å². The number of urea groups is 1. The Labute approximate surface area is 92.0 Å². The maximum Gasteiger partial charge on any atom is 0.328 e. The second kappa shape index (κ2) is 3.92. The summed E-state index contributed by atoms with van der Waals surface area (Å²) in [4.78, 5) is 24.0. The van der Waals surface area contributed by atoms with Crippen LogP contribution in [-0.2, 0) is 4.79 Å². The minimum absolute atomic E-state index is 0.266. The van der Waals surface area contributed by atoms with Gasteiger partial charge in [-0.3, -0.25) is 15.0 Å². The zero-order valence-corrected chi connectivity index (χ0v) is 8.79. The number of hydrogen-bond acceptors (Lipinski definition) is 2. The highest BCUT2D eigenvalue weighted by Gasteiger charge is 2.25. The molecule has 1 aliphatic heterocycles. The Kier molecular flexibility index (Phi) is 2.60. The SMILES string of the molecule is Cc1cc(F)ccc1N1CCC(=O)NC1=O. The third kappa shape index (κ3) is 1.88. The minimum atomic E-state index is -0.453. The summed E-state index contributed by atoms with van der Waals surface area (Å²) in [5, 5.41) is 2.22. The Bertz CT molecular complexity index is 459. The van der Waals surface area contributed by atoms with E-state index in [9.17, 15) is 14.0 Å². The Hall–Kier alpha value is -1.91. The van der Waals surface area contributed by atoms with E-state index >= 15 is 0 Å². The Morgan fingerprint density at radius 1 is 1.38 bits per heavy atom. The van der Waals surface area contributed by atoms with Gasteiger partial charge in [0.2, 0.25) is 5.91 Å². The molecule has 0 bridgehead atoms. The maximum atomic E-state index is 12.9. The molecule has 0 aromatic heterocycles. The van der Waals surface area contributed by atoms with Gasteiger partial charge < -0.3 is 0 Å². The first-order chi connectivity index (χ1) is 7.58. The summed E-state index contributed by atoms with van der Waals surface area (Å²) in [5.41, 5.74) is 1.30. The quantitative estimate of drug-likeness (QED) is 0.784. The highest BCUT2D eigenvalue weighted by atomic mass is 19.1. The number of carbonyl (C=O) groups excluding carboxylic acids is 2. The van der Waals surface area contributed by atoms with Crippen molar-refractivity contribution in [1.82, 2.24) is 5.32 Å². The van der Waals surface area contributed by atoms with E-state index in [-0.39, 0.29) is 18.1 Å². The largest absolute Gasteiger partial charge is 0.328 e. The molecule has 1 N–H and O–H groups in total. The monoisotopic (exact) mass is 222 g/mol. The van der Waals surface area contributed by atoms with Crippen molar-refractivity contribution in [2.75, 3.05) is 11.4 Å². The molecule has 0 spiro atoms. The van der Waals surface area contributed by atoms with E-state index in [4.69, 9.17) is 0 Å². The lowest BCUT2D eigenvalue weighted by molar-refractivity contribution is -0.120. The van der Waals surface area contributed by atoms with E-state index in [1.807, 2.05) is 0 Å². The van der Waals surface area contributed by atoms with E-state index in [2.05, 4.69) is 5.32 Å². The number of anilines is 1. The molecular weight excluding hydrogens is 211 g/mol. The van der Waals surface area contributed by atoms with Crippen LogP contribution in [0.25, 0.3) is 0 Å². The Balaban J connectivity index is 2.30. The van der Waals surface area contributed by atoms with Crippen LogP contribution in [-0.4, -0.2) is 18.5 Å². The van der Waals surface area contributed by atoms with E-state index < -0.39 is 6.03 Å². The number of rotatable bonds is 1. The molecule has 1 heterocycles. The van der Waals surface area contributed by atoms with Crippen molar-refractivity contribution in [3.05, 3.63) is 29.6 Å². The maximum absolute atomic E-state index is 12.9. The molecule has 16 heavy (non-hydrogen) atoms. The molecule has 1 saturated heterocycles. The molecule has 0 atom stereocenters. The zero-order chi connectivity index (χ0) is 11.7. The first kappa shape index (κ1) is 10.6. The summed E-state index contributed by atoms with van der Waals surface area (Å²) in [6, 6.07) is 3.75. The summed E-state index contributed by atoms with van der Waals surface area (Å²) in [6.07, 6.45) is 0.266. The molecule has 0 aliphatic carbocycles. The van der Waals surface area contributed by atoms with Crippen molar-refractivity contribution < 1.29 is 14.0 Å². The van der Waals surface area contributed by atoms with Crippen LogP contribution in [0.1, 0.15) is 12.0 Å². The molecule has 0 radical (unpaired) electrons. The highest BCUT2D eigenvalue weighted by Crippen LogP contribution is 2.22. The third-order valence-electron chi connectivity index (χ3n) is 2.50. The first-order valence-corrected chi connectivity index (χ1v) is 4.95. The number of carbonyl (C=O) groups is 2. The molecule has 1 aliphatic rings. The van der Waals surface area contributed by atoms with Gasteiger partial charge in [-0.25, -0.2) is 9.18 Å². The van der Waals surface area contributed by atoms with Gasteiger partial charge in [-0.15, -0.1) is 0 Å². The summed E-state index contributed by atoms with van der Waals surface area (Å²) in [5.74, 6) is -0.615. The lowest BCUT2D eigenvalue weighted by Crippen LogP contribution is -2.49. The van der Waals surface area contributed by atoms with Crippen molar-refractivity contribution in [1.29, 1.82) is 0 Å². The van der Waals surface area contributed by atoms with Crippen molar-refractivity contribution in [2.24, 2.45) is 0 Å². The lowest BCUT2D eigenvalue weighted by Gasteiger charge is -2.27. The smallest absolute Gasteiger partial charge is 0.293 e. The number of aryl methyl sites for hydroxylation is 1. The van der Waals surface area contributed by atoms with Crippen molar-refractivity contribution in [3.8, 4) is 0 Å². The molecule has 1 aromatic rings. The van der Waals surface area contributed by atoms with Crippen molar-refractivity contribution in [3.63, 3.8) is 0 Å². The van der Waals surface area contributed by atoms with Crippen molar-refractivity contribution >= 4 is 17.6 Å². The summed E-state index contributed by atoms with van der Waals surface area (Å²) in [6.45, 7) is 2.05. The van der Waals surface area contributed by atoms with Crippen molar-refractivity contribution in [2.45, 2.75) is 13.3 Å². The molecule has 4 nitrogen and oxygen atoms in total. The highest BCUT2D eigenvalue weighted by molar-refractivity contribution is 6.05. The third-order valence-corrected chi connectivity index (χ3v) is 2.50. The number of halogens is 1. The molecule has 1 aromatic carbocycles. The molecule has 0 unspecified atom stereocenters. The van der Waals surface area contributed by atoms with Gasteiger partial charge in [0.25, 0.3) is 0 Å². The van der Waals surface area contributed by atoms with Gasteiger partial charge in [0.05, 0.1) is 0 Å². The fourth-order valence-electron chi connectivity index (χ4n) is 1.72. The Morgan fingerprint density at radius 2 is 2.12 bits per heavy atom. The van der Waals surface area contributed by atoms with Gasteiger partial charge >= 0.3 is 6.03 Å². The Morgan fingerprint density at radius 3 is 2.75 bits per heavy atom. The van der Waals surface area contributed by atoms with Gasteiger partial charge in [-0.2, -0.15) is 0 Å². The van der Waals surface area contributed by atoms with Gasteiger partial charge in [-0.1, -0.05) is 0 Å². The predicted molar refractivity (Wildman–Crippen MR) is 56.6 cm³/mol. The molecule has 5 heteroatoms. The average molecular weight is 222 g/mol. The lowest BCUT2D eigenvalue weighted by atomic mass is 10.1. The molecule has 3 amide bonds. The zero-order valence-electron chi connectivity index (χ0n) is 8.79. The second-order valence-corrected chi connectivity index (χ2v) is 3.69. The average Bonchev–Trinajstić information content (AvgIpc) is 2.19.